The Morgan fingerprint density at radius 2 is 0.846 bits per heavy atom. The fourth-order valence-electron chi connectivity index (χ4n) is 4.39. The van der Waals surface area contributed by atoms with Gasteiger partial charge >= 0.3 is 17.9 Å². The van der Waals surface area contributed by atoms with Gasteiger partial charge in [0.2, 0.25) is 0 Å². The van der Waals surface area contributed by atoms with Crippen LogP contribution in [-0.2, 0) is 43.0 Å². The summed E-state index contributed by atoms with van der Waals surface area (Å²) < 4.78 is 16.3. The van der Waals surface area contributed by atoms with Gasteiger partial charge in [0.25, 0.3) is 17.7 Å². The summed E-state index contributed by atoms with van der Waals surface area (Å²) in [7, 11) is 4.16. The second-order valence-corrected chi connectivity index (χ2v) is 10.4. The quantitative estimate of drug-likeness (QED) is 0.372. The number of hydrogen-bond acceptors (Lipinski definition) is 9. The highest BCUT2D eigenvalue weighted by atomic mass is 16.6. The second kappa shape index (κ2) is 14.3. The van der Waals surface area contributed by atoms with Crippen molar-refractivity contribution in [1.29, 1.82) is 0 Å². The zero-order valence-corrected chi connectivity index (χ0v) is 25.0. The number of likely N-dealkylation sites (N-methyl/N-ethyl adjacent to an activating group) is 3. The van der Waals surface area contributed by atoms with Gasteiger partial charge in [0.05, 0.1) is 0 Å². The van der Waals surface area contributed by atoms with Gasteiger partial charge in [-0.25, -0.2) is 14.4 Å². The number of carbonyl (C=O) groups is 6. The van der Waals surface area contributed by atoms with E-state index in [0.717, 1.165) is 14.7 Å². The summed E-state index contributed by atoms with van der Waals surface area (Å²) in [4.78, 5) is 82.2. The first-order valence-corrected chi connectivity index (χ1v) is 13.4. The van der Waals surface area contributed by atoms with Crippen LogP contribution in [0.1, 0.15) is 68.2 Å². The van der Waals surface area contributed by atoms with Gasteiger partial charge in [0, 0.05) is 21.1 Å². The van der Waals surface area contributed by atoms with Crippen LogP contribution in [-0.4, -0.2) is 108 Å². The molecule has 222 valence electrons. The zero-order chi connectivity index (χ0) is 30.4. The maximum atomic E-state index is 13.3. The molecule has 1 saturated heterocycles. The topological polar surface area (TPSA) is 140 Å². The monoisotopic (exact) mass is 555 g/mol. The van der Waals surface area contributed by atoms with E-state index in [9.17, 15) is 28.8 Å². The molecule has 1 fully saturated rings. The third-order valence-corrected chi connectivity index (χ3v) is 7.57. The van der Waals surface area contributed by atoms with Crippen molar-refractivity contribution in [2.24, 2.45) is 11.8 Å². The minimum absolute atomic E-state index is 0.355. The Balaban J connectivity index is 3.57. The molecular weight excluding hydrogens is 510 g/mol. The van der Waals surface area contributed by atoms with Crippen LogP contribution in [0, 0.1) is 11.8 Å². The number of hydrogen-bond donors (Lipinski definition) is 0. The minimum Gasteiger partial charge on any atom is -0.451 e. The highest BCUT2D eigenvalue weighted by Gasteiger charge is 2.41. The Hall–Kier alpha value is -3.18. The molecule has 0 aliphatic carbocycles. The van der Waals surface area contributed by atoms with E-state index in [2.05, 4.69) is 0 Å². The number of amides is 3. The average molecular weight is 556 g/mol. The molecular formula is C27H45N3O9. The fourth-order valence-corrected chi connectivity index (χ4v) is 4.39. The molecule has 0 bridgehead atoms. The molecule has 0 radical (unpaired) electrons. The van der Waals surface area contributed by atoms with Crippen LogP contribution >= 0.6 is 0 Å². The molecule has 0 unspecified atom stereocenters. The van der Waals surface area contributed by atoms with Crippen LogP contribution in [0.15, 0.2) is 0 Å². The smallest absolute Gasteiger partial charge is 0.329 e. The van der Waals surface area contributed by atoms with Gasteiger partial charge in [0.15, 0.2) is 18.3 Å². The Morgan fingerprint density at radius 3 is 1.15 bits per heavy atom. The lowest BCUT2D eigenvalue weighted by atomic mass is 9.97. The Morgan fingerprint density at radius 1 is 0.564 bits per heavy atom. The number of carbonyl (C=O) groups excluding carboxylic acids is 6. The molecule has 1 rings (SSSR count). The SMILES string of the molecule is CC[C@H](C)[C@H]1C(=O)O[C@H](C)C(=O)N(C)[C@@H](C)C(=O)O[C@H](C)C(=O)N(C)[C@@H]([C@@H](C)CC)C(=O)O[C@H](C)C(=O)N1C. The van der Waals surface area contributed by atoms with Gasteiger partial charge in [-0.1, -0.05) is 40.5 Å². The van der Waals surface area contributed by atoms with Crippen molar-refractivity contribution < 1.29 is 43.0 Å². The maximum Gasteiger partial charge on any atom is 0.329 e. The number of cyclic esters (lactones) is 3. The van der Waals surface area contributed by atoms with Crippen LogP contribution in [0.3, 0.4) is 0 Å². The number of nitrogens with zero attached hydrogens (tertiary/aromatic N) is 3. The molecule has 8 atom stereocenters. The Labute approximate surface area is 231 Å². The normalized spacial score (nSPS) is 30.7. The van der Waals surface area contributed by atoms with E-state index in [0.29, 0.717) is 12.8 Å². The summed E-state index contributed by atoms with van der Waals surface area (Å²) in [5, 5.41) is 0. The number of esters is 3. The first kappa shape index (κ1) is 33.8. The lowest BCUT2D eigenvalue weighted by molar-refractivity contribution is -0.176. The van der Waals surface area contributed by atoms with E-state index in [-0.39, 0.29) is 11.8 Å². The van der Waals surface area contributed by atoms with Crippen molar-refractivity contribution in [3.8, 4) is 0 Å². The summed E-state index contributed by atoms with van der Waals surface area (Å²) in [6.45, 7) is 12.7. The van der Waals surface area contributed by atoms with Gasteiger partial charge in [-0.3, -0.25) is 14.4 Å². The predicted octanol–water partition coefficient (Wildman–Crippen LogP) is 1.39. The van der Waals surface area contributed by atoms with E-state index in [1.807, 2.05) is 13.8 Å². The summed E-state index contributed by atoms with van der Waals surface area (Å²) in [6, 6.07) is -3.24. The first-order chi connectivity index (χ1) is 18.0. The molecule has 1 aliphatic rings. The molecule has 12 nitrogen and oxygen atoms in total. The van der Waals surface area contributed by atoms with Crippen LogP contribution in [0.2, 0.25) is 0 Å². The summed E-state index contributed by atoms with van der Waals surface area (Å²) in [5.74, 6) is -5.12. The highest BCUT2D eigenvalue weighted by molar-refractivity contribution is 5.93. The van der Waals surface area contributed by atoms with Gasteiger partial charge in [-0.2, -0.15) is 0 Å². The van der Waals surface area contributed by atoms with E-state index in [4.69, 9.17) is 14.2 Å². The molecule has 0 aromatic heterocycles. The molecule has 1 heterocycles. The predicted molar refractivity (Wildman–Crippen MR) is 141 cm³/mol. The largest absolute Gasteiger partial charge is 0.451 e. The molecule has 0 saturated carbocycles. The highest BCUT2D eigenvalue weighted by Crippen LogP contribution is 2.21. The Bertz CT molecular complexity index is 931. The molecule has 0 N–H and O–H groups in total. The summed E-state index contributed by atoms with van der Waals surface area (Å²) in [6.07, 6.45) is -2.81. The zero-order valence-electron chi connectivity index (χ0n) is 25.0. The summed E-state index contributed by atoms with van der Waals surface area (Å²) in [5.41, 5.74) is 0. The van der Waals surface area contributed by atoms with Gasteiger partial charge in [-0.05, 0) is 39.5 Å². The number of ether oxygens (including phenoxy) is 3. The van der Waals surface area contributed by atoms with Crippen LogP contribution in [0.25, 0.3) is 0 Å². The molecule has 3 amide bonds. The molecule has 0 aromatic rings. The van der Waals surface area contributed by atoms with Crippen molar-refractivity contribution in [1.82, 2.24) is 14.7 Å². The lowest BCUT2D eigenvalue weighted by Gasteiger charge is -2.35. The van der Waals surface area contributed by atoms with Crippen molar-refractivity contribution in [2.45, 2.75) is 105 Å². The van der Waals surface area contributed by atoms with Crippen molar-refractivity contribution >= 4 is 35.6 Å². The van der Waals surface area contributed by atoms with Crippen molar-refractivity contribution in [3.63, 3.8) is 0 Å². The number of rotatable bonds is 4. The molecule has 1 aliphatic heterocycles. The van der Waals surface area contributed by atoms with Crippen molar-refractivity contribution in [2.75, 3.05) is 21.1 Å². The fraction of sp³-hybridized carbons (Fsp3) is 0.778. The van der Waals surface area contributed by atoms with E-state index < -0.39 is 72.1 Å². The molecule has 0 spiro atoms. The van der Waals surface area contributed by atoms with Crippen LogP contribution in [0.4, 0.5) is 0 Å². The van der Waals surface area contributed by atoms with Gasteiger partial charge in [-0.15, -0.1) is 0 Å². The van der Waals surface area contributed by atoms with Crippen LogP contribution < -0.4 is 0 Å². The average Bonchev–Trinajstić information content (AvgIpc) is 2.89. The van der Waals surface area contributed by atoms with Crippen LogP contribution in [0.5, 0.6) is 0 Å². The molecule has 12 heteroatoms. The lowest BCUT2D eigenvalue weighted by Crippen LogP contribution is -2.55. The molecule has 0 aromatic carbocycles. The van der Waals surface area contributed by atoms with Gasteiger partial charge < -0.3 is 28.9 Å². The Kier molecular flexibility index (Phi) is 12.4. The summed E-state index contributed by atoms with van der Waals surface area (Å²) >= 11 is 0. The standard InChI is InChI=1S/C27H45N3O9/c1-12-14(3)20-26(35)38-17(6)22(31)28(9)16(5)25(34)37-18(7)23(32)29(10)21(15(4)13-2)27(36)39-19(8)24(33)30(20)11/h14-21H,12-13H2,1-11H3/t14-,15-,16-,17+,18+,19+,20-,21-/m0/s1. The minimum atomic E-state index is -1.28. The van der Waals surface area contributed by atoms with E-state index in [1.165, 1.54) is 48.8 Å². The third-order valence-electron chi connectivity index (χ3n) is 7.57. The first-order valence-electron chi connectivity index (χ1n) is 13.4. The second-order valence-electron chi connectivity index (χ2n) is 10.4. The van der Waals surface area contributed by atoms with E-state index >= 15 is 0 Å². The van der Waals surface area contributed by atoms with Gasteiger partial charge in [0.1, 0.15) is 18.1 Å². The third kappa shape index (κ3) is 7.92. The molecule has 39 heavy (non-hydrogen) atoms. The van der Waals surface area contributed by atoms with E-state index in [1.54, 1.807) is 13.8 Å². The van der Waals surface area contributed by atoms with Crippen molar-refractivity contribution in [3.05, 3.63) is 0 Å². The maximum absolute atomic E-state index is 13.3.